The maximum absolute atomic E-state index is 12.4. The molecule has 0 aromatic carbocycles. The first kappa shape index (κ1) is 19.0. The summed E-state index contributed by atoms with van der Waals surface area (Å²) in [4.78, 5) is 25.5. The molecule has 0 unspecified atom stereocenters. The number of allylic oxidation sites excluding steroid dienone is 2. The second-order valence-corrected chi connectivity index (χ2v) is 6.74. The molecule has 0 radical (unpaired) electrons. The van der Waals surface area contributed by atoms with Gasteiger partial charge in [-0.15, -0.1) is 0 Å². The molecular weight excluding hydrogens is 294 g/mol. The minimum Gasteiger partial charge on any atom is -0.465 e. The molecule has 128 valence electrons. The van der Waals surface area contributed by atoms with Crippen molar-refractivity contribution in [1.29, 1.82) is 0 Å². The van der Waals surface area contributed by atoms with Crippen molar-refractivity contribution in [2.75, 3.05) is 13.7 Å². The average molecular weight is 321 g/mol. The zero-order valence-electron chi connectivity index (χ0n) is 14.9. The van der Waals surface area contributed by atoms with Crippen LogP contribution in [0.5, 0.6) is 0 Å². The van der Waals surface area contributed by atoms with Crippen molar-refractivity contribution in [1.82, 2.24) is 4.90 Å². The Bertz CT molecular complexity index is 552. The molecule has 0 saturated heterocycles. The van der Waals surface area contributed by atoms with Crippen LogP contribution in [-0.4, -0.2) is 36.2 Å². The molecule has 1 aliphatic rings. The van der Waals surface area contributed by atoms with Gasteiger partial charge in [-0.05, 0) is 57.8 Å². The molecular formula is C18H27NO4. The largest absolute Gasteiger partial charge is 0.465 e. The Morgan fingerprint density at radius 3 is 2.48 bits per heavy atom. The van der Waals surface area contributed by atoms with E-state index in [4.69, 9.17) is 4.74 Å². The Kier molecular flexibility index (Phi) is 6.19. The molecule has 0 aromatic rings. The van der Waals surface area contributed by atoms with Crippen LogP contribution >= 0.6 is 0 Å². The van der Waals surface area contributed by atoms with Crippen molar-refractivity contribution in [3.05, 3.63) is 35.6 Å². The molecule has 0 N–H and O–H groups in total. The fraction of sp³-hybridized carbons (Fsp3) is 0.556. The minimum absolute atomic E-state index is 0.232. The van der Waals surface area contributed by atoms with Crippen LogP contribution in [0.2, 0.25) is 0 Å². The Labute approximate surface area is 138 Å². The number of nitrogens with zero attached hydrogens (tertiary/aromatic N) is 1. The summed E-state index contributed by atoms with van der Waals surface area (Å²) in [5.74, 6) is -0.132. The van der Waals surface area contributed by atoms with Crippen LogP contribution in [0.25, 0.3) is 0 Å². The Hall–Kier alpha value is -2.04. The Morgan fingerprint density at radius 2 is 1.96 bits per heavy atom. The summed E-state index contributed by atoms with van der Waals surface area (Å²) in [5.41, 5.74) is 1.51. The lowest BCUT2D eigenvalue weighted by molar-refractivity contribution is -0.135. The van der Waals surface area contributed by atoms with Gasteiger partial charge in [-0.2, -0.15) is 0 Å². The summed E-state index contributed by atoms with van der Waals surface area (Å²) in [7, 11) is 1.31. The number of ether oxygens (including phenoxy) is 2. The van der Waals surface area contributed by atoms with Crippen molar-refractivity contribution in [3.8, 4) is 0 Å². The standard InChI is InChI=1S/C18H27NO4/c1-12-10-11-19(17(21)23-18(4,5)6)15(14(12)3)9-8-13(2)16(20)22-7/h8-9,12H,2,10-11H2,1,3-7H3/b9-8-/t12-/m0/s1. The number of amides is 1. The monoisotopic (exact) mass is 321 g/mol. The van der Waals surface area contributed by atoms with Gasteiger partial charge in [-0.3, -0.25) is 4.90 Å². The lowest BCUT2D eigenvalue weighted by Gasteiger charge is -2.34. The number of carbonyl (C=O) groups excluding carboxylic acids is 2. The quantitative estimate of drug-likeness (QED) is 0.450. The van der Waals surface area contributed by atoms with E-state index >= 15 is 0 Å². The molecule has 1 amide bonds. The van der Waals surface area contributed by atoms with Crippen LogP contribution in [0.1, 0.15) is 41.0 Å². The van der Waals surface area contributed by atoms with Gasteiger partial charge < -0.3 is 9.47 Å². The molecule has 0 aliphatic carbocycles. The Balaban J connectivity index is 3.07. The minimum atomic E-state index is -0.557. The topological polar surface area (TPSA) is 55.8 Å². The molecule has 0 bridgehead atoms. The summed E-state index contributed by atoms with van der Waals surface area (Å²) < 4.78 is 10.1. The van der Waals surface area contributed by atoms with Gasteiger partial charge in [0, 0.05) is 12.2 Å². The van der Waals surface area contributed by atoms with Gasteiger partial charge in [0.25, 0.3) is 0 Å². The molecule has 0 saturated carbocycles. The molecule has 1 atom stereocenters. The predicted octanol–water partition coefficient (Wildman–Crippen LogP) is 3.82. The lowest BCUT2D eigenvalue weighted by Crippen LogP contribution is -2.39. The molecule has 0 aromatic heterocycles. The van der Waals surface area contributed by atoms with E-state index in [0.29, 0.717) is 12.5 Å². The Morgan fingerprint density at radius 1 is 1.35 bits per heavy atom. The maximum Gasteiger partial charge on any atom is 0.414 e. The second kappa shape index (κ2) is 7.49. The van der Waals surface area contributed by atoms with E-state index in [2.05, 4.69) is 18.2 Å². The van der Waals surface area contributed by atoms with Gasteiger partial charge in [0.2, 0.25) is 0 Å². The van der Waals surface area contributed by atoms with Gasteiger partial charge in [0.05, 0.1) is 12.7 Å². The maximum atomic E-state index is 12.4. The molecule has 0 spiro atoms. The van der Waals surface area contributed by atoms with Crippen molar-refractivity contribution < 1.29 is 19.1 Å². The van der Waals surface area contributed by atoms with Gasteiger partial charge in [0.1, 0.15) is 5.60 Å². The highest BCUT2D eigenvalue weighted by Gasteiger charge is 2.29. The van der Waals surface area contributed by atoms with Gasteiger partial charge in [-0.1, -0.05) is 13.5 Å². The van der Waals surface area contributed by atoms with E-state index in [1.165, 1.54) is 7.11 Å². The van der Waals surface area contributed by atoms with E-state index in [9.17, 15) is 9.59 Å². The zero-order chi connectivity index (χ0) is 17.8. The van der Waals surface area contributed by atoms with Crippen molar-refractivity contribution in [2.45, 2.75) is 46.6 Å². The first-order valence-electron chi connectivity index (χ1n) is 7.73. The average Bonchev–Trinajstić information content (AvgIpc) is 2.45. The molecule has 0 fully saturated rings. The number of esters is 1. The van der Waals surface area contributed by atoms with E-state index in [-0.39, 0.29) is 11.7 Å². The fourth-order valence-electron chi connectivity index (χ4n) is 2.23. The van der Waals surface area contributed by atoms with Crippen LogP contribution in [0.4, 0.5) is 4.79 Å². The molecule has 5 nitrogen and oxygen atoms in total. The number of hydrogen-bond donors (Lipinski definition) is 0. The van der Waals surface area contributed by atoms with E-state index in [1.54, 1.807) is 17.1 Å². The number of hydrogen-bond acceptors (Lipinski definition) is 4. The van der Waals surface area contributed by atoms with Crippen LogP contribution in [0, 0.1) is 5.92 Å². The molecule has 1 heterocycles. The summed E-state index contributed by atoms with van der Waals surface area (Å²) >= 11 is 0. The van der Waals surface area contributed by atoms with Crippen molar-refractivity contribution in [2.24, 2.45) is 5.92 Å². The third-order valence-corrected chi connectivity index (χ3v) is 3.72. The van der Waals surface area contributed by atoms with Crippen LogP contribution in [-0.2, 0) is 14.3 Å². The summed E-state index contributed by atoms with van der Waals surface area (Å²) in [6.45, 7) is 13.9. The first-order valence-corrected chi connectivity index (χ1v) is 7.73. The summed E-state index contributed by atoms with van der Waals surface area (Å²) in [6, 6.07) is 0. The number of methoxy groups -OCH3 is 1. The molecule has 1 aliphatic heterocycles. The van der Waals surface area contributed by atoms with Gasteiger partial charge in [-0.25, -0.2) is 9.59 Å². The van der Waals surface area contributed by atoms with Crippen LogP contribution in [0.3, 0.4) is 0 Å². The highest BCUT2D eigenvalue weighted by atomic mass is 16.6. The lowest BCUT2D eigenvalue weighted by atomic mass is 9.92. The first-order chi connectivity index (χ1) is 10.6. The van der Waals surface area contributed by atoms with Gasteiger partial charge in [0.15, 0.2) is 0 Å². The van der Waals surface area contributed by atoms with Gasteiger partial charge >= 0.3 is 12.1 Å². The summed E-state index contributed by atoms with van der Waals surface area (Å²) in [5, 5.41) is 0. The van der Waals surface area contributed by atoms with Crippen molar-refractivity contribution in [3.63, 3.8) is 0 Å². The second-order valence-electron chi connectivity index (χ2n) is 6.74. The predicted molar refractivity (Wildman–Crippen MR) is 89.7 cm³/mol. The molecule has 23 heavy (non-hydrogen) atoms. The van der Waals surface area contributed by atoms with E-state index in [0.717, 1.165) is 17.7 Å². The van der Waals surface area contributed by atoms with Crippen LogP contribution in [0.15, 0.2) is 35.6 Å². The number of carbonyl (C=O) groups is 2. The van der Waals surface area contributed by atoms with Crippen LogP contribution < -0.4 is 0 Å². The normalized spacial score (nSPS) is 19.0. The third kappa shape index (κ3) is 5.27. The third-order valence-electron chi connectivity index (χ3n) is 3.72. The summed E-state index contributed by atoms with van der Waals surface area (Å²) in [6.07, 6.45) is 3.79. The molecule has 5 heteroatoms. The fourth-order valence-corrected chi connectivity index (χ4v) is 2.23. The van der Waals surface area contributed by atoms with E-state index < -0.39 is 11.6 Å². The highest BCUT2D eigenvalue weighted by Crippen LogP contribution is 2.29. The molecule has 1 rings (SSSR count). The SMILES string of the molecule is C=C(/C=C\C1=C(C)[C@@H](C)CCN1C(=O)OC(C)(C)C)C(=O)OC. The van der Waals surface area contributed by atoms with E-state index in [1.807, 2.05) is 27.7 Å². The smallest absolute Gasteiger partial charge is 0.414 e. The zero-order valence-corrected chi connectivity index (χ0v) is 14.9. The number of rotatable bonds is 3. The van der Waals surface area contributed by atoms with Crippen molar-refractivity contribution >= 4 is 12.1 Å². The highest BCUT2D eigenvalue weighted by molar-refractivity contribution is 5.90.